The zero-order valence-corrected chi connectivity index (χ0v) is 13.8. The Balaban J connectivity index is 1.95. The summed E-state index contributed by atoms with van der Waals surface area (Å²) in [7, 11) is 0. The number of amides is 1. The molecule has 23 heavy (non-hydrogen) atoms. The summed E-state index contributed by atoms with van der Waals surface area (Å²) >= 11 is 5.80. The van der Waals surface area contributed by atoms with Crippen LogP contribution in [0.15, 0.2) is 48.5 Å². The summed E-state index contributed by atoms with van der Waals surface area (Å²) in [6.07, 6.45) is -0.210. The molecule has 0 aromatic heterocycles. The third-order valence-electron chi connectivity index (χ3n) is 3.29. The molecule has 0 heterocycles. The molecule has 0 unspecified atom stereocenters. The van der Waals surface area contributed by atoms with Crippen LogP contribution in [0.3, 0.4) is 0 Å². The Hall–Kier alpha value is -2.33. The molecule has 5 heteroatoms. The Labute approximate surface area is 140 Å². The summed E-state index contributed by atoms with van der Waals surface area (Å²) in [5.74, 6) is 0.350. The second kappa shape index (κ2) is 7.79. The number of ketones is 1. The molecular formula is C18H18ClNO3. The van der Waals surface area contributed by atoms with Crippen molar-refractivity contribution in [3.05, 3.63) is 59.1 Å². The number of benzene rings is 2. The third-order valence-corrected chi connectivity index (χ3v) is 3.54. The topological polar surface area (TPSA) is 55.4 Å². The van der Waals surface area contributed by atoms with E-state index in [0.29, 0.717) is 28.4 Å². The number of nitrogens with one attached hydrogen (secondary N) is 1. The third kappa shape index (κ3) is 4.83. The summed E-state index contributed by atoms with van der Waals surface area (Å²) in [6.45, 7) is 3.48. The SMILES string of the molecule is CCC(=O)c1ccc(O[C@H](C)C(=O)Nc2ccc(Cl)cc2)cc1. The average Bonchev–Trinajstić information content (AvgIpc) is 2.56. The fourth-order valence-corrected chi connectivity index (χ4v) is 2.08. The lowest BCUT2D eigenvalue weighted by Gasteiger charge is -2.15. The van der Waals surface area contributed by atoms with Gasteiger partial charge in [0.05, 0.1) is 0 Å². The molecule has 0 aliphatic heterocycles. The van der Waals surface area contributed by atoms with Crippen molar-refractivity contribution in [1.82, 2.24) is 0 Å². The summed E-state index contributed by atoms with van der Waals surface area (Å²) in [5.41, 5.74) is 1.29. The molecule has 0 fully saturated rings. The van der Waals surface area contributed by atoms with Crippen LogP contribution in [0.25, 0.3) is 0 Å². The molecular weight excluding hydrogens is 314 g/mol. The van der Waals surface area contributed by atoms with Gasteiger partial charge in [-0.05, 0) is 55.5 Å². The Morgan fingerprint density at radius 2 is 1.70 bits per heavy atom. The quantitative estimate of drug-likeness (QED) is 0.801. The zero-order chi connectivity index (χ0) is 16.8. The van der Waals surface area contributed by atoms with Gasteiger partial charge in [0.1, 0.15) is 5.75 Å². The van der Waals surface area contributed by atoms with E-state index in [-0.39, 0.29) is 11.7 Å². The van der Waals surface area contributed by atoms with Crippen LogP contribution in [0, 0.1) is 0 Å². The van der Waals surface area contributed by atoms with Crippen LogP contribution < -0.4 is 10.1 Å². The van der Waals surface area contributed by atoms with Gasteiger partial charge in [0, 0.05) is 22.7 Å². The van der Waals surface area contributed by atoms with E-state index in [2.05, 4.69) is 5.32 Å². The largest absolute Gasteiger partial charge is 0.481 e. The van der Waals surface area contributed by atoms with Crippen LogP contribution >= 0.6 is 11.6 Å². The molecule has 1 atom stereocenters. The molecule has 120 valence electrons. The number of Topliss-reactive ketones (excluding diaryl/α,β-unsaturated/α-hetero) is 1. The van der Waals surface area contributed by atoms with E-state index < -0.39 is 6.10 Å². The monoisotopic (exact) mass is 331 g/mol. The highest BCUT2D eigenvalue weighted by Gasteiger charge is 2.15. The highest BCUT2D eigenvalue weighted by Crippen LogP contribution is 2.17. The Morgan fingerprint density at radius 3 is 2.26 bits per heavy atom. The number of hydrogen-bond donors (Lipinski definition) is 1. The Kier molecular flexibility index (Phi) is 5.77. The van der Waals surface area contributed by atoms with E-state index in [1.54, 1.807) is 55.5 Å². The van der Waals surface area contributed by atoms with E-state index in [1.807, 2.05) is 6.92 Å². The van der Waals surface area contributed by atoms with Crippen molar-refractivity contribution in [1.29, 1.82) is 0 Å². The van der Waals surface area contributed by atoms with Crippen LogP contribution in [-0.4, -0.2) is 17.8 Å². The summed E-state index contributed by atoms with van der Waals surface area (Å²) < 4.78 is 5.59. The molecule has 0 aliphatic carbocycles. The van der Waals surface area contributed by atoms with Crippen LogP contribution in [-0.2, 0) is 4.79 Å². The van der Waals surface area contributed by atoms with Gasteiger partial charge in [-0.25, -0.2) is 0 Å². The van der Waals surface area contributed by atoms with Gasteiger partial charge < -0.3 is 10.1 Å². The molecule has 0 radical (unpaired) electrons. The van der Waals surface area contributed by atoms with Crippen molar-refractivity contribution >= 4 is 29.0 Å². The maximum absolute atomic E-state index is 12.1. The number of anilines is 1. The van der Waals surface area contributed by atoms with Crippen LogP contribution in [0.5, 0.6) is 5.75 Å². The first kappa shape index (κ1) is 17.0. The molecule has 0 aliphatic rings. The van der Waals surface area contributed by atoms with E-state index in [9.17, 15) is 9.59 Å². The standard InChI is InChI=1S/C18H18ClNO3/c1-3-17(21)13-4-10-16(11-5-13)23-12(2)18(22)20-15-8-6-14(19)7-9-15/h4-12H,3H2,1-2H3,(H,20,22)/t12-/m1/s1. The van der Waals surface area contributed by atoms with E-state index in [0.717, 1.165) is 0 Å². The number of ether oxygens (including phenoxy) is 1. The van der Waals surface area contributed by atoms with Crippen molar-refractivity contribution < 1.29 is 14.3 Å². The number of carbonyl (C=O) groups excluding carboxylic acids is 2. The fourth-order valence-electron chi connectivity index (χ4n) is 1.96. The summed E-state index contributed by atoms with van der Waals surface area (Å²) in [4.78, 5) is 23.7. The van der Waals surface area contributed by atoms with Gasteiger partial charge in [-0.1, -0.05) is 18.5 Å². The van der Waals surface area contributed by atoms with Gasteiger partial charge >= 0.3 is 0 Å². The highest BCUT2D eigenvalue weighted by atomic mass is 35.5. The zero-order valence-electron chi connectivity index (χ0n) is 13.0. The molecule has 2 aromatic carbocycles. The Bertz CT molecular complexity index is 680. The lowest BCUT2D eigenvalue weighted by Crippen LogP contribution is -2.30. The lowest BCUT2D eigenvalue weighted by molar-refractivity contribution is -0.122. The second-order valence-corrected chi connectivity index (χ2v) is 5.49. The van der Waals surface area contributed by atoms with Crippen LogP contribution in [0.1, 0.15) is 30.6 Å². The molecule has 0 saturated heterocycles. The lowest BCUT2D eigenvalue weighted by atomic mass is 10.1. The van der Waals surface area contributed by atoms with Crippen molar-refractivity contribution in [2.75, 3.05) is 5.32 Å². The average molecular weight is 332 g/mol. The molecule has 1 amide bonds. The maximum atomic E-state index is 12.1. The molecule has 1 N–H and O–H groups in total. The molecule has 2 rings (SSSR count). The summed E-state index contributed by atoms with van der Waals surface area (Å²) in [5, 5.41) is 3.36. The molecule has 4 nitrogen and oxygen atoms in total. The van der Waals surface area contributed by atoms with Crippen molar-refractivity contribution in [3.63, 3.8) is 0 Å². The van der Waals surface area contributed by atoms with Gasteiger partial charge in [0.2, 0.25) is 0 Å². The predicted molar refractivity (Wildman–Crippen MR) is 91.2 cm³/mol. The van der Waals surface area contributed by atoms with Gasteiger partial charge in [0.15, 0.2) is 11.9 Å². The minimum absolute atomic E-state index is 0.0741. The van der Waals surface area contributed by atoms with Gasteiger partial charge in [-0.3, -0.25) is 9.59 Å². The van der Waals surface area contributed by atoms with E-state index >= 15 is 0 Å². The first-order chi connectivity index (χ1) is 11.0. The van der Waals surface area contributed by atoms with Gasteiger partial charge in [-0.2, -0.15) is 0 Å². The molecule has 0 spiro atoms. The Morgan fingerprint density at radius 1 is 1.09 bits per heavy atom. The van der Waals surface area contributed by atoms with Crippen molar-refractivity contribution in [3.8, 4) is 5.75 Å². The fraction of sp³-hybridized carbons (Fsp3) is 0.222. The number of halogens is 1. The second-order valence-electron chi connectivity index (χ2n) is 5.06. The van der Waals surface area contributed by atoms with Crippen molar-refractivity contribution in [2.24, 2.45) is 0 Å². The molecule has 0 bridgehead atoms. The molecule has 2 aromatic rings. The van der Waals surface area contributed by atoms with Gasteiger partial charge in [0.25, 0.3) is 5.91 Å². The van der Waals surface area contributed by atoms with Crippen LogP contribution in [0.2, 0.25) is 5.02 Å². The number of rotatable bonds is 6. The minimum atomic E-state index is -0.668. The maximum Gasteiger partial charge on any atom is 0.265 e. The van der Waals surface area contributed by atoms with E-state index in [1.165, 1.54) is 0 Å². The smallest absolute Gasteiger partial charge is 0.265 e. The summed E-state index contributed by atoms with van der Waals surface area (Å²) in [6, 6.07) is 13.6. The van der Waals surface area contributed by atoms with Crippen LogP contribution in [0.4, 0.5) is 5.69 Å². The minimum Gasteiger partial charge on any atom is -0.481 e. The first-order valence-electron chi connectivity index (χ1n) is 7.36. The normalized spacial score (nSPS) is 11.6. The van der Waals surface area contributed by atoms with Crippen molar-refractivity contribution in [2.45, 2.75) is 26.4 Å². The number of hydrogen-bond acceptors (Lipinski definition) is 3. The van der Waals surface area contributed by atoms with E-state index in [4.69, 9.17) is 16.3 Å². The van der Waals surface area contributed by atoms with Gasteiger partial charge in [-0.15, -0.1) is 0 Å². The first-order valence-corrected chi connectivity index (χ1v) is 7.73. The predicted octanol–water partition coefficient (Wildman–Crippen LogP) is 4.34. The molecule has 0 saturated carbocycles. The highest BCUT2D eigenvalue weighted by molar-refractivity contribution is 6.30. The number of carbonyl (C=O) groups is 2.